The van der Waals surface area contributed by atoms with Gasteiger partial charge in [0.15, 0.2) is 11.5 Å². The van der Waals surface area contributed by atoms with Gasteiger partial charge in [-0.15, -0.1) is 0 Å². The molecule has 0 aliphatic heterocycles. The topological polar surface area (TPSA) is 57.2 Å². The lowest BCUT2D eigenvalue weighted by Crippen LogP contribution is -1.95. The van der Waals surface area contributed by atoms with E-state index in [0.717, 1.165) is 0 Å². The predicted molar refractivity (Wildman–Crippen MR) is 71.8 cm³/mol. The maximum absolute atomic E-state index is 10.1. The molecule has 0 aliphatic rings. The number of phenols is 1. The van der Waals surface area contributed by atoms with Crippen LogP contribution in [0.4, 0.5) is 0 Å². The van der Waals surface area contributed by atoms with Crippen molar-refractivity contribution in [1.82, 2.24) is 0 Å². The minimum atomic E-state index is 0.0622. The van der Waals surface area contributed by atoms with Gasteiger partial charge in [-0.25, -0.2) is 0 Å². The summed E-state index contributed by atoms with van der Waals surface area (Å²) in [6, 6.07) is 4.96. The Morgan fingerprint density at radius 1 is 0.789 bits per heavy atom. The van der Waals surface area contributed by atoms with Gasteiger partial charge in [-0.1, -0.05) is 0 Å². The zero-order valence-corrected chi connectivity index (χ0v) is 11.3. The number of methoxy groups -OCH3 is 4. The summed E-state index contributed by atoms with van der Waals surface area (Å²) in [5.74, 6) is 2.14. The highest BCUT2D eigenvalue weighted by molar-refractivity contribution is 6.00. The van der Waals surface area contributed by atoms with E-state index < -0.39 is 0 Å². The van der Waals surface area contributed by atoms with E-state index in [1.165, 1.54) is 20.3 Å². The Bertz CT molecular complexity index is 607. The molecule has 0 spiro atoms. The van der Waals surface area contributed by atoms with Crippen LogP contribution in [-0.2, 0) is 0 Å². The lowest BCUT2D eigenvalue weighted by Gasteiger charge is -2.15. The molecule has 0 radical (unpaired) electrons. The molecule has 0 aromatic heterocycles. The fourth-order valence-corrected chi connectivity index (χ4v) is 2.07. The highest BCUT2D eigenvalue weighted by Gasteiger charge is 2.18. The number of benzene rings is 2. The molecule has 2 rings (SSSR count). The van der Waals surface area contributed by atoms with Crippen molar-refractivity contribution in [3.63, 3.8) is 0 Å². The molecule has 102 valence electrons. The minimum absolute atomic E-state index is 0.0622. The molecule has 0 saturated heterocycles. The van der Waals surface area contributed by atoms with Crippen molar-refractivity contribution in [2.24, 2.45) is 0 Å². The van der Waals surface area contributed by atoms with Crippen LogP contribution in [0.5, 0.6) is 28.7 Å². The Balaban J connectivity index is 2.92. The summed E-state index contributed by atoms with van der Waals surface area (Å²) in [6.45, 7) is 0. The lowest BCUT2D eigenvalue weighted by molar-refractivity contribution is 0.353. The van der Waals surface area contributed by atoms with Gasteiger partial charge in [0.05, 0.1) is 33.8 Å². The first kappa shape index (κ1) is 13.1. The van der Waals surface area contributed by atoms with Gasteiger partial charge in [0.25, 0.3) is 0 Å². The number of phenolic OH excluding ortho intramolecular Hbond substituents is 1. The molecule has 0 heterocycles. The molecule has 0 fully saturated rings. The minimum Gasteiger partial charge on any atom is -0.507 e. The molecule has 0 bridgehead atoms. The summed E-state index contributed by atoms with van der Waals surface area (Å²) in [7, 11) is 6.15. The zero-order valence-electron chi connectivity index (χ0n) is 11.3. The summed E-state index contributed by atoms with van der Waals surface area (Å²) in [5, 5.41) is 11.3. The van der Waals surface area contributed by atoms with Crippen molar-refractivity contribution >= 4 is 10.8 Å². The molecule has 0 aliphatic carbocycles. The molecule has 2 aromatic carbocycles. The summed E-state index contributed by atoms with van der Waals surface area (Å²) >= 11 is 0. The van der Waals surface area contributed by atoms with Gasteiger partial charge in [-0.05, 0) is 6.07 Å². The van der Waals surface area contributed by atoms with Crippen LogP contribution in [0.25, 0.3) is 10.8 Å². The first-order valence-electron chi connectivity index (χ1n) is 5.66. The van der Waals surface area contributed by atoms with Gasteiger partial charge in [-0.2, -0.15) is 0 Å². The fraction of sp³-hybridized carbons (Fsp3) is 0.286. The van der Waals surface area contributed by atoms with E-state index in [1.807, 2.05) is 0 Å². The van der Waals surface area contributed by atoms with Gasteiger partial charge in [0.2, 0.25) is 0 Å². The number of fused-ring (bicyclic) bond motifs is 1. The number of aromatic hydroxyl groups is 1. The molecule has 0 amide bonds. The number of hydrogen-bond donors (Lipinski definition) is 1. The molecule has 5 nitrogen and oxygen atoms in total. The van der Waals surface area contributed by atoms with Crippen molar-refractivity contribution in [2.75, 3.05) is 28.4 Å². The van der Waals surface area contributed by atoms with Gasteiger partial charge in [-0.3, -0.25) is 0 Å². The Kier molecular flexibility index (Phi) is 3.55. The van der Waals surface area contributed by atoms with Crippen molar-refractivity contribution < 1.29 is 24.1 Å². The largest absolute Gasteiger partial charge is 0.507 e. The third kappa shape index (κ3) is 2.07. The second kappa shape index (κ2) is 5.14. The van der Waals surface area contributed by atoms with Crippen LogP contribution in [0.2, 0.25) is 0 Å². The smallest absolute Gasteiger partial charge is 0.169 e. The average molecular weight is 264 g/mol. The van der Waals surface area contributed by atoms with Crippen LogP contribution in [0, 0.1) is 0 Å². The molecular weight excluding hydrogens is 248 g/mol. The fourth-order valence-electron chi connectivity index (χ4n) is 2.07. The average Bonchev–Trinajstić information content (AvgIpc) is 2.44. The van der Waals surface area contributed by atoms with E-state index in [1.54, 1.807) is 26.4 Å². The highest BCUT2D eigenvalue weighted by Crippen LogP contribution is 2.46. The Hall–Kier alpha value is -2.30. The van der Waals surface area contributed by atoms with E-state index in [4.69, 9.17) is 18.9 Å². The van der Waals surface area contributed by atoms with Crippen molar-refractivity contribution in [3.05, 3.63) is 18.2 Å². The van der Waals surface area contributed by atoms with E-state index in [9.17, 15) is 5.11 Å². The van der Waals surface area contributed by atoms with Crippen LogP contribution in [0.1, 0.15) is 0 Å². The number of ether oxygens (including phenoxy) is 4. The van der Waals surface area contributed by atoms with E-state index in [2.05, 4.69) is 0 Å². The van der Waals surface area contributed by atoms with Crippen LogP contribution < -0.4 is 18.9 Å². The van der Waals surface area contributed by atoms with E-state index in [0.29, 0.717) is 33.8 Å². The Labute approximate surface area is 111 Å². The predicted octanol–water partition coefficient (Wildman–Crippen LogP) is 2.58. The lowest BCUT2D eigenvalue weighted by atomic mass is 10.1. The first-order chi connectivity index (χ1) is 9.15. The number of hydrogen-bond acceptors (Lipinski definition) is 5. The second-order valence-corrected chi connectivity index (χ2v) is 3.88. The first-order valence-corrected chi connectivity index (χ1v) is 5.66. The molecule has 0 atom stereocenters. The van der Waals surface area contributed by atoms with Crippen LogP contribution in [0.15, 0.2) is 18.2 Å². The quantitative estimate of drug-likeness (QED) is 0.919. The summed E-state index contributed by atoms with van der Waals surface area (Å²) < 4.78 is 21.1. The molecule has 0 saturated carbocycles. The summed E-state index contributed by atoms with van der Waals surface area (Å²) in [6.07, 6.45) is 0. The maximum Gasteiger partial charge on any atom is 0.169 e. The van der Waals surface area contributed by atoms with Crippen LogP contribution in [0.3, 0.4) is 0 Å². The van der Waals surface area contributed by atoms with E-state index >= 15 is 0 Å². The normalized spacial score (nSPS) is 10.3. The van der Waals surface area contributed by atoms with Gasteiger partial charge >= 0.3 is 0 Å². The van der Waals surface area contributed by atoms with Gasteiger partial charge in [0.1, 0.15) is 17.2 Å². The Morgan fingerprint density at radius 3 is 2.00 bits per heavy atom. The number of rotatable bonds is 4. The molecule has 5 heteroatoms. The van der Waals surface area contributed by atoms with Crippen molar-refractivity contribution in [2.45, 2.75) is 0 Å². The van der Waals surface area contributed by atoms with Crippen molar-refractivity contribution in [3.8, 4) is 28.7 Å². The van der Waals surface area contributed by atoms with Gasteiger partial charge in [0, 0.05) is 17.5 Å². The monoisotopic (exact) mass is 264 g/mol. The maximum atomic E-state index is 10.1. The van der Waals surface area contributed by atoms with Crippen molar-refractivity contribution in [1.29, 1.82) is 0 Å². The zero-order chi connectivity index (χ0) is 14.0. The summed E-state index contributed by atoms with van der Waals surface area (Å²) in [4.78, 5) is 0. The SMILES string of the molecule is COc1cc(O)c2c(OC)cc(OC)c(OC)c2c1. The van der Waals surface area contributed by atoms with Crippen LogP contribution in [-0.4, -0.2) is 33.5 Å². The molecular formula is C14H16O5. The molecule has 2 aromatic rings. The molecule has 1 N–H and O–H groups in total. The molecule has 0 unspecified atom stereocenters. The van der Waals surface area contributed by atoms with E-state index in [-0.39, 0.29) is 5.75 Å². The van der Waals surface area contributed by atoms with Gasteiger partial charge < -0.3 is 24.1 Å². The third-order valence-corrected chi connectivity index (χ3v) is 2.95. The van der Waals surface area contributed by atoms with Crippen LogP contribution >= 0.6 is 0 Å². The Morgan fingerprint density at radius 2 is 1.47 bits per heavy atom. The summed E-state index contributed by atoms with van der Waals surface area (Å²) in [5.41, 5.74) is 0. The standard InChI is InChI=1S/C14H16O5/c1-16-8-5-9-13(10(15)6-8)11(17-2)7-12(18-3)14(9)19-4/h5-7,15H,1-4H3. The molecule has 19 heavy (non-hydrogen) atoms. The second-order valence-electron chi connectivity index (χ2n) is 3.88. The third-order valence-electron chi connectivity index (χ3n) is 2.95. The highest BCUT2D eigenvalue weighted by atomic mass is 16.5.